The largest absolute Gasteiger partial charge is 0.391 e. The molecule has 0 saturated carbocycles. The average Bonchev–Trinajstić information content (AvgIpc) is 2.25. The van der Waals surface area contributed by atoms with Crippen LogP contribution >= 0.6 is 11.8 Å². The second-order valence-electron chi connectivity index (χ2n) is 3.49. The Labute approximate surface area is 98.5 Å². The number of thioether (sulfide) groups is 1. The maximum atomic E-state index is 11.3. The standard InChI is InChI=1S/C10H17N3O2S/c1-2-3-7-4-9(15)13-10(12-7)16-6-8(14)5-11/h4,8,14H,2-3,5-6,11H2,1H3,(H,12,13,15). The van der Waals surface area contributed by atoms with Gasteiger partial charge in [0.25, 0.3) is 5.56 Å². The smallest absolute Gasteiger partial charge is 0.251 e. The van der Waals surface area contributed by atoms with Gasteiger partial charge >= 0.3 is 0 Å². The van der Waals surface area contributed by atoms with Crippen LogP contribution in [0.15, 0.2) is 16.0 Å². The number of aryl methyl sites for hydroxylation is 1. The average molecular weight is 243 g/mol. The zero-order chi connectivity index (χ0) is 12.0. The number of aliphatic hydroxyl groups is 1. The molecular weight excluding hydrogens is 226 g/mol. The number of nitrogens with one attached hydrogen (secondary N) is 1. The Balaban J connectivity index is 2.68. The molecule has 0 aromatic carbocycles. The number of H-pyrrole nitrogens is 1. The van der Waals surface area contributed by atoms with Crippen LogP contribution in [0.4, 0.5) is 0 Å². The van der Waals surface area contributed by atoms with Crippen LogP contribution in [0.1, 0.15) is 19.0 Å². The Kier molecular flexibility index (Phi) is 5.51. The third-order valence-corrected chi connectivity index (χ3v) is 2.98. The fourth-order valence-corrected chi connectivity index (χ4v) is 2.02. The van der Waals surface area contributed by atoms with E-state index in [0.29, 0.717) is 10.9 Å². The summed E-state index contributed by atoms with van der Waals surface area (Å²) in [5.74, 6) is 0.440. The van der Waals surface area contributed by atoms with Crippen molar-refractivity contribution in [3.8, 4) is 0 Å². The Bertz CT molecular complexity index is 381. The molecule has 1 rings (SSSR count). The maximum Gasteiger partial charge on any atom is 0.251 e. The van der Waals surface area contributed by atoms with E-state index in [2.05, 4.69) is 9.97 Å². The van der Waals surface area contributed by atoms with Gasteiger partial charge < -0.3 is 15.8 Å². The maximum absolute atomic E-state index is 11.3. The Morgan fingerprint density at radius 2 is 2.44 bits per heavy atom. The molecule has 1 unspecified atom stereocenters. The van der Waals surface area contributed by atoms with Crippen molar-refractivity contribution in [1.82, 2.24) is 9.97 Å². The predicted molar refractivity (Wildman–Crippen MR) is 64.6 cm³/mol. The molecule has 1 atom stereocenters. The van der Waals surface area contributed by atoms with Crippen LogP contribution in [-0.4, -0.2) is 33.5 Å². The van der Waals surface area contributed by atoms with Gasteiger partial charge in [-0.3, -0.25) is 4.79 Å². The van der Waals surface area contributed by atoms with Gasteiger partial charge in [0.2, 0.25) is 0 Å². The van der Waals surface area contributed by atoms with Gasteiger partial charge in [0.15, 0.2) is 5.16 Å². The van der Waals surface area contributed by atoms with E-state index in [-0.39, 0.29) is 12.1 Å². The topological polar surface area (TPSA) is 92.0 Å². The molecule has 0 radical (unpaired) electrons. The number of aliphatic hydroxyl groups excluding tert-OH is 1. The van der Waals surface area contributed by atoms with E-state index in [1.165, 1.54) is 17.8 Å². The molecule has 6 heteroatoms. The van der Waals surface area contributed by atoms with Crippen molar-refractivity contribution >= 4 is 11.8 Å². The third-order valence-electron chi connectivity index (χ3n) is 1.96. The van der Waals surface area contributed by atoms with Crippen molar-refractivity contribution in [1.29, 1.82) is 0 Å². The number of hydrogen-bond acceptors (Lipinski definition) is 5. The van der Waals surface area contributed by atoms with Gasteiger partial charge in [-0.2, -0.15) is 0 Å². The van der Waals surface area contributed by atoms with E-state index in [1.807, 2.05) is 6.92 Å². The van der Waals surface area contributed by atoms with Gasteiger partial charge in [-0.1, -0.05) is 25.1 Å². The number of hydrogen-bond donors (Lipinski definition) is 3. The minimum Gasteiger partial charge on any atom is -0.391 e. The highest BCUT2D eigenvalue weighted by atomic mass is 32.2. The summed E-state index contributed by atoms with van der Waals surface area (Å²) in [5.41, 5.74) is 5.93. The highest BCUT2D eigenvalue weighted by Gasteiger charge is 2.05. The lowest BCUT2D eigenvalue weighted by Gasteiger charge is -2.06. The normalized spacial score (nSPS) is 12.7. The fraction of sp³-hybridized carbons (Fsp3) is 0.600. The first-order chi connectivity index (χ1) is 7.65. The summed E-state index contributed by atoms with van der Waals surface area (Å²) >= 11 is 1.31. The lowest BCUT2D eigenvalue weighted by Crippen LogP contribution is -2.22. The van der Waals surface area contributed by atoms with Crippen molar-refractivity contribution in [2.24, 2.45) is 5.73 Å². The summed E-state index contributed by atoms with van der Waals surface area (Å²) in [7, 11) is 0. The lowest BCUT2D eigenvalue weighted by molar-refractivity contribution is 0.208. The second kappa shape index (κ2) is 6.67. The van der Waals surface area contributed by atoms with Crippen molar-refractivity contribution in [3.63, 3.8) is 0 Å². The van der Waals surface area contributed by atoms with E-state index >= 15 is 0 Å². The van der Waals surface area contributed by atoms with Gasteiger partial charge in [-0.05, 0) is 6.42 Å². The van der Waals surface area contributed by atoms with E-state index in [0.717, 1.165) is 18.5 Å². The molecule has 0 fully saturated rings. The molecule has 0 saturated heterocycles. The Morgan fingerprint density at radius 3 is 3.06 bits per heavy atom. The van der Waals surface area contributed by atoms with Gasteiger partial charge in [0.1, 0.15) is 0 Å². The molecule has 0 aliphatic rings. The van der Waals surface area contributed by atoms with Gasteiger partial charge in [-0.25, -0.2) is 4.98 Å². The van der Waals surface area contributed by atoms with Gasteiger partial charge in [0, 0.05) is 24.1 Å². The van der Waals surface area contributed by atoms with E-state index in [9.17, 15) is 9.90 Å². The molecule has 0 aliphatic heterocycles. The van der Waals surface area contributed by atoms with Crippen LogP contribution in [0.25, 0.3) is 0 Å². The van der Waals surface area contributed by atoms with Gasteiger partial charge in [0.05, 0.1) is 6.10 Å². The van der Waals surface area contributed by atoms with Crippen LogP contribution in [0, 0.1) is 0 Å². The minimum absolute atomic E-state index is 0.150. The summed E-state index contributed by atoms with van der Waals surface area (Å²) in [4.78, 5) is 18.2. The molecule has 90 valence electrons. The number of rotatable bonds is 6. The molecule has 0 spiro atoms. The molecule has 0 aliphatic carbocycles. The quantitative estimate of drug-likeness (QED) is 0.488. The molecule has 16 heavy (non-hydrogen) atoms. The number of aromatic amines is 1. The first-order valence-corrected chi connectivity index (χ1v) is 6.25. The molecule has 5 nitrogen and oxygen atoms in total. The van der Waals surface area contributed by atoms with E-state index < -0.39 is 6.10 Å². The summed E-state index contributed by atoms with van der Waals surface area (Å²) in [6.07, 6.45) is 1.17. The number of aromatic nitrogens is 2. The van der Waals surface area contributed by atoms with Crippen LogP contribution in [-0.2, 0) is 6.42 Å². The van der Waals surface area contributed by atoms with E-state index in [4.69, 9.17) is 5.73 Å². The molecule has 1 aromatic rings. The zero-order valence-corrected chi connectivity index (χ0v) is 10.1. The Hall–Kier alpha value is -0.850. The summed E-state index contributed by atoms with van der Waals surface area (Å²) in [6.45, 7) is 2.25. The lowest BCUT2D eigenvalue weighted by atomic mass is 10.2. The number of nitrogens with zero attached hydrogens (tertiary/aromatic N) is 1. The van der Waals surface area contributed by atoms with Crippen molar-refractivity contribution in [2.45, 2.75) is 31.0 Å². The van der Waals surface area contributed by atoms with Crippen molar-refractivity contribution in [2.75, 3.05) is 12.3 Å². The minimum atomic E-state index is -0.565. The van der Waals surface area contributed by atoms with Crippen molar-refractivity contribution < 1.29 is 5.11 Å². The predicted octanol–water partition coefficient (Wildman–Crippen LogP) is 0.134. The number of nitrogens with two attached hydrogens (primary N) is 1. The highest BCUT2D eigenvalue weighted by molar-refractivity contribution is 7.99. The van der Waals surface area contributed by atoms with E-state index in [1.54, 1.807) is 0 Å². The first kappa shape index (κ1) is 13.2. The van der Waals surface area contributed by atoms with Crippen LogP contribution in [0.2, 0.25) is 0 Å². The molecule has 1 aromatic heterocycles. The van der Waals surface area contributed by atoms with Gasteiger partial charge in [-0.15, -0.1) is 0 Å². The third kappa shape index (κ3) is 4.34. The Morgan fingerprint density at radius 1 is 1.69 bits per heavy atom. The first-order valence-electron chi connectivity index (χ1n) is 5.27. The summed E-state index contributed by atoms with van der Waals surface area (Å²) in [6, 6.07) is 1.51. The molecule has 0 amide bonds. The highest BCUT2D eigenvalue weighted by Crippen LogP contribution is 2.12. The molecular formula is C10H17N3O2S. The second-order valence-corrected chi connectivity index (χ2v) is 4.50. The molecule has 4 N–H and O–H groups in total. The fourth-order valence-electron chi connectivity index (χ4n) is 1.18. The SMILES string of the molecule is CCCc1cc(=O)[nH]c(SCC(O)CN)n1. The molecule has 1 heterocycles. The van der Waals surface area contributed by atoms with Crippen LogP contribution in [0.3, 0.4) is 0 Å². The monoisotopic (exact) mass is 243 g/mol. The molecule has 0 bridgehead atoms. The van der Waals surface area contributed by atoms with Crippen LogP contribution in [0.5, 0.6) is 0 Å². The summed E-state index contributed by atoms with van der Waals surface area (Å²) < 4.78 is 0. The van der Waals surface area contributed by atoms with Crippen molar-refractivity contribution in [3.05, 3.63) is 22.1 Å². The van der Waals surface area contributed by atoms with Crippen LogP contribution < -0.4 is 11.3 Å². The zero-order valence-electron chi connectivity index (χ0n) is 9.27. The summed E-state index contributed by atoms with van der Waals surface area (Å²) in [5, 5.41) is 9.84.